The van der Waals surface area contributed by atoms with Crippen molar-refractivity contribution in [3.05, 3.63) is 48.7 Å². The summed E-state index contributed by atoms with van der Waals surface area (Å²) in [6, 6.07) is 9.09. The number of rotatable bonds is 5. The van der Waals surface area contributed by atoms with E-state index in [0.29, 0.717) is 25.2 Å². The predicted octanol–water partition coefficient (Wildman–Crippen LogP) is 4.46. The third-order valence-corrected chi connectivity index (χ3v) is 5.75. The molecule has 2 aliphatic rings. The lowest BCUT2D eigenvalue weighted by Gasteiger charge is -2.27. The van der Waals surface area contributed by atoms with Gasteiger partial charge in [-0.2, -0.15) is 0 Å². The van der Waals surface area contributed by atoms with Crippen molar-refractivity contribution in [2.75, 3.05) is 18.5 Å². The first-order valence-electron chi connectivity index (χ1n) is 10.3. The molecule has 7 heteroatoms. The average Bonchev–Trinajstić information content (AvgIpc) is 3.17. The first-order chi connectivity index (χ1) is 14.3. The van der Waals surface area contributed by atoms with Crippen LogP contribution in [0, 0.1) is 5.82 Å². The van der Waals surface area contributed by atoms with Crippen molar-refractivity contribution in [1.82, 2.24) is 19.5 Å². The fourth-order valence-electron chi connectivity index (χ4n) is 4.13. The van der Waals surface area contributed by atoms with Crippen LogP contribution >= 0.6 is 0 Å². The van der Waals surface area contributed by atoms with E-state index in [1.54, 1.807) is 18.3 Å². The quantitative estimate of drug-likeness (QED) is 0.693. The van der Waals surface area contributed by atoms with Gasteiger partial charge in [-0.05, 0) is 43.2 Å². The van der Waals surface area contributed by atoms with Gasteiger partial charge in [-0.3, -0.25) is 0 Å². The monoisotopic (exact) mass is 393 g/mol. The lowest BCUT2D eigenvalue weighted by molar-refractivity contribution is 0.0208. The number of halogens is 1. The SMILES string of the molecule is Fc1ccc(-c2ncn(C3CCCCC3)c2-c2ccnc(NC3COC3)n2)cc1. The van der Waals surface area contributed by atoms with Gasteiger partial charge < -0.3 is 14.6 Å². The van der Waals surface area contributed by atoms with Crippen molar-refractivity contribution < 1.29 is 9.13 Å². The molecule has 0 radical (unpaired) electrons. The summed E-state index contributed by atoms with van der Waals surface area (Å²) in [5, 5.41) is 3.32. The molecule has 1 saturated heterocycles. The normalized spacial score (nSPS) is 17.8. The zero-order chi connectivity index (χ0) is 19.6. The Balaban J connectivity index is 1.57. The number of hydrogen-bond donors (Lipinski definition) is 1. The van der Waals surface area contributed by atoms with Crippen LogP contribution in [0.4, 0.5) is 10.3 Å². The van der Waals surface area contributed by atoms with E-state index >= 15 is 0 Å². The van der Waals surface area contributed by atoms with E-state index in [1.807, 2.05) is 12.4 Å². The molecular weight excluding hydrogens is 369 g/mol. The highest BCUT2D eigenvalue weighted by Crippen LogP contribution is 2.37. The van der Waals surface area contributed by atoms with Gasteiger partial charge in [0.1, 0.15) is 5.82 Å². The largest absolute Gasteiger partial charge is 0.377 e. The summed E-state index contributed by atoms with van der Waals surface area (Å²) in [6.45, 7) is 1.35. The smallest absolute Gasteiger partial charge is 0.223 e. The molecule has 0 amide bonds. The van der Waals surface area contributed by atoms with E-state index in [-0.39, 0.29) is 11.9 Å². The Kier molecular flexibility index (Phi) is 4.97. The molecule has 2 fully saturated rings. The second kappa shape index (κ2) is 7.91. The van der Waals surface area contributed by atoms with Crippen LogP contribution in [0.2, 0.25) is 0 Å². The minimum absolute atomic E-state index is 0.252. The number of aromatic nitrogens is 4. The molecule has 6 nitrogen and oxygen atoms in total. The van der Waals surface area contributed by atoms with E-state index in [4.69, 9.17) is 14.7 Å². The summed E-state index contributed by atoms with van der Waals surface area (Å²) in [5.41, 5.74) is 3.51. The number of nitrogens with zero attached hydrogens (tertiary/aromatic N) is 4. The zero-order valence-electron chi connectivity index (χ0n) is 16.2. The molecule has 0 bridgehead atoms. The maximum absolute atomic E-state index is 13.5. The summed E-state index contributed by atoms with van der Waals surface area (Å²) in [5.74, 6) is 0.343. The van der Waals surface area contributed by atoms with Crippen LogP contribution in [0.5, 0.6) is 0 Å². The molecule has 1 N–H and O–H groups in total. The highest BCUT2D eigenvalue weighted by atomic mass is 19.1. The van der Waals surface area contributed by atoms with Crippen LogP contribution in [0.15, 0.2) is 42.9 Å². The van der Waals surface area contributed by atoms with Gasteiger partial charge in [0.15, 0.2) is 0 Å². The molecule has 2 aromatic heterocycles. The maximum Gasteiger partial charge on any atom is 0.223 e. The minimum atomic E-state index is -0.252. The van der Waals surface area contributed by atoms with E-state index in [1.165, 1.54) is 31.4 Å². The van der Waals surface area contributed by atoms with Crippen LogP contribution in [-0.2, 0) is 4.74 Å². The van der Waals surface area contributed by atoms with Gasteiger partial charge >= 0.3 is 0 Å². The molecule has 3 heterocycles. The highest BCUT2D eigenvalue weighted by Gasteiger charge is 2.24. The number of imidazole rings is 1. The molecule has 1 aromatic carbocycles. The van der Waals surface area contributed by atoms with Crippen molar-refractivity contribution in [3.8, 4) is 22.6 Å². The zero-order valence-corrected chi connectivity index (χ0v) is 16.2. The molecule has 0 spiro atoms. The Morgan fingerprint density at radius 1 is 1.00 bits per heavy atom. The first-order valence-corrected chi connectivity index (χ1v) is 10.3. The van der Waals surface area contributed by atoms with Crippen molar-refractivity contribution >= 4 is 5.95 Å². The number of hydrogen-bond acceptors (Lipinski definition) is 5. The van der Waals surface area contributed by atoms with E-state index in [0.717, 1.165) is 35.5 Å². The van der Waals surface area contributed by atoms with Crippen molar-refractivity contribution in [3.63, 3.8) is 0 Å². The number of nitrogens with one attached hydrogen (secondary N) is 1. The molecular formula is C22H24FN5O. The molecule has 1 aliphatic heterocycles. The van der Waals surface area contributed by atoms with Crippen molar-refractivity contribution in [2.45, 2.75) is 44.2 Å². The van der Waals surface area contributed by atoms with E-state index in [9.17, 15) is 4.39 Å². The Morgan fingerprint density at radius 2 is 1.79 bits per heavy atom. The van der Waals surface area contributed by atoms with Crippen molar-refractivity contribution in [1.29, 1.82) is 0 Å². The second-order valence-corrected chi connectivity index (χ2v) is 7.79. The summed E-state index contributed by atoms with van der Waals surface area (Å²) in [4.78, 5) is 13.9. The van der Waals surface area contributed by atoms with Crippen LogP contribution in [0.25, 0.3) is 22.6 Å². The number of anilines is 1. The topological polar surface area (TPSA) is 64.9 Å². The Labute approximate surface area is 169 Å². The lowest BCUT2D eigenvalue weighted by atomic mass is 9.95. The third-order valence-electron chi connectivity index (χ3n) is 5.75. The van der Waals surface area contributed by atoms with Gasteiger partial charge in [-0.25, -0.2) is 19.3 Å². The lowest BCUT2D eigenvalue weighted by Crippen LogP contribution is -2.40. The summed E-state index contributed by atoms with van der Waals surface area (Å²) >= 11 is 0. The van der Waals surface area contributed by atoms with Gasteiger partial charge in [-0.1, -0.05) is 19.3 Å². The first kappa shape index (κ1) is 18.2. The van der Waals surface area contributed by atoms with Crippen LogP contribution in [0.1, 0.15) is 38.1 Å². The number of benzene rings is 1. The molecule has 1 saturated carbocycles. The van der Waals surface area contributed by atoms with E-state index in [2.05, 4.69) is 14.9 Å². The Hall–Kier alpha value is -2.80. The fourth-order valence-corrected chi connectivity index (χ4v) is 4.13. The summed E-state index contributed by atoms with van der Waals surface area (Å²) in [6.07, 6.45) is 9.72. The van der Waals surface area contributed by atoms with Gasteiger partial charge in [-0.15, -0.1) is 0 Å². The third kappa shape index (κ3) is 3.74. The van der Waals surface area contributed by atoms with Crippen molar-refractivity contribution in [2.24, 2.45) is 0 Å². The Bertz CT molecular complexity index is 977. The number of ether oxygens (including phenoxy) is 1. The standard InChI is InChI=1S/C22H24FN5O/c23-16-8-6-15(7-9-16)20-21(28(14-25-20)18-4-2-1-3-5-18)19-10-11-24-22(27-19)26-17-12-29-13-17/h6-11,14,17-18H,1-5,12-13H2,(H,24,26,27). The molecule has 0 atom stereocenters. The fraction of sp³-hybridized carbons (Fsp3) is 0.409. The summed E-state index contributed by atoms with van der Waals surface area (Å²) < 4.78 is 21.0. The molecule has 1 aliphatic carbocycles. The van der Waals surface area contributed by atoms with Crippen LogP contribution in [-0.4, -0.2) is 38.8 Å². The average molecular weight is 393 g/mol. The molecule has 0 unspecified atom stereocenters. The maximum atomic E-state index is 13.5. The van der Waals surface area contributed by atoms with Gasteiger partial charge in [0.2, 0.25) is 5.95 Å². The van der Waals surface area contributed by atoms with E-state index < -0.39 is 0 Å². The van der Waals surface area contributed by atoms with Crippen LogP contribution < -0.4 is 5.32 Å². The summed E-state index contributed by atoms with van der Waals surface area (Å²) in [7, 11) is 0. The van der Waals surface area contributed by atoms with Gasteiger partial charge in [0.05, 0.1) is 42.7 Å². The van der Waals surface area contributed by atoms with Gasteiger partial charge in [0.25, 0.3) is 0 Å². The predicted molar refractivity (Wildman–Crippen MR) is 109 cm³/mol. The highest BCUT2D eigenvalue weighted by molar-refractivity contribution is 5.77. The molecule has 29 heavy (non-hydrogen) atoms. The van der Waals surface area contributed by atoms with Gasteiger partial charge in [0, 0.05) is 17.8 Å². The minimum Gasteiger partial charge on any atom is -0.377 e. The second-order valence-electron chi connectivity index (χ2n) is 7.79. The van der Waals surface area contributed by atoms with Crippen LogP contribution in [0.3, 0.4) is 0 Å². The molecule has 3 aromatic rings. The molecule has 150 valence electrons. The molecule has 5 rings (SSSR count). The Morgan fingerprint density at radius 3 is 2.52 bits per heavy atom.